The van der Waals surface area contributed by atoms with Crippen LogP contribution >= 0.6 is 0 Å². The second-order valence-corrected chi connectivity index (χ2v) is 5.77. The van der Waals surface area contributed by atoms with Crippen LogP contribution in [0.1, 0.15) is 16.8 Å². The summed E-state index contributed by atoms with van der Waals surface area (Å²) in [5, 5.41) is 1.01. The molecule has 0 amide bonds. The summed E-state index contributed by atoms with van der Waals surface area (Å²) in [5.41, 5.74) is 4.12. The van der Waals surface area contributed by atoms with E-state index in [9.17, 15) is 4.79 Å². The van der Waals surface area contributed by atoms with Gasteiger partial charge in [0.05, 0.1) is 20.1 Å². The number of aromatic nitrogens is 1. The maximum absolute atomic E-state index is 12.2. The summed E-state index contributed by atoms with van der Waals surface area (Å²) in [4.78, 5) is 15.5. The lowest BCUT2D eigenvalue weighted by Crippen LogP contribution is -2.11. The van der Waals surface area contributed by atoms with Gasteiger partial charge >= 0.3 is 5.97 Å². The van der Waals surface area contributed by atoms with Gasteiger partial charge in [0.1, 0.15) is 5.75 Å². The Morgan fingerprint density at radius 3 is 2.67 bits per heavy atom. The molecule has 2 aromatic carbocycles. The number of hydrogen-bond acceptors (Lipinski definition) is 3. The third-order valence-electron chi connectivity index (χ3n) is 4.14. The van der Waals surface area contributed by atoms with Crippen molar-refractivity contribution < 1.29 is 14.3 Å². The number of carbonyl (C=O) groups is 1. The highest BCUT2D eigenvalue weighted by Crippen LogP contribution is 2.26. The number of ether oxygens (including phenoxy) is 2. The minimum Gasteiger partial charge on any atom is -0.497 e. The Bertz CT molecular complexity index is 837. The maximum atomic E-state index is 12.2. The van der Waals surface area contributed by atoms with Crippen molar-refractivity contribution in [3.05, 3.63) is 65.4 Å². The van der Waals surface area contributed by atoms with Crippen LogP contribution in [-0.4, -0.2) is 24.7 Å². The molecule has 0 unspecified atom stereocenters. The van der Waals surface area contributed by atoms with Gasteiger partial charge in [0.15, 0.2) is 0 Å². The van der Waals surface area contributed by atoms with Crippen LogP contribution in [0.4, 0.5) is 0 Å². The quantitative estimate of drug-likeness (QED) is 0.702. The van der Waals surface area contributed by atoms with Gasteiger partial charge in [-0.15, -0.1) is 0 Å². The minimum absolute atomic E-state index is 0.210. The van der Waals surface area contributed by atoms with E-state index in [-0.39, 0.29) is 12.4 Å². The normalized spacial score (nSPS) is 10.8. The molecule has 3 rings (SSSR count). The van der Waals surface area contributed by atoms with Crippen LogP contribution in [0.5, 0.6) is 5.75 Å². The second-order valence-electron chi connectivity index (χ2n) is 5.77. The van der Waals surface area contributed by atoms with E-state index in [1.165, 1.54) is 5.56 Å². The van der Waals surface area contributed by atoms with Gasteiger partial charge in [-0.1, -0.05) is 30.3 Å². The van der Waals surface area contributed by atoms with Gasteiger partial charge in [-0.3, -0.25) is 4.79 Å². The molecule has 0 saturated carbocycles. The van der Waals surface area contributed by atoms with Crippen molar-refractivity contribution in [3.8, 4) is 5.75 Å². The van der Waals surface area contributed by atoms with Gasteiger partial charge in [0.25, 0.3) is 0 Å². The van der Waals surface area contributed by atoms with Gasteiger partial charge in [-0.25, -0.2) is 0 Å². The summed E-state index contributed by atoms with van der Waals surface area (Å²) in [6.45, 7) is 2.37. The van der Waals surface area contributed by atoms with E-state index >= 15 is 0 Å². The molecule has 124 valence electrons. The Hall–Kier alpha value is -2.75. The number of esters is 1. The highest BCUT2D eigenvalue weighted by Gasteiger charge is 2.14. The average molecular weight is 323 g/mol. The first-order valence-electron chi connectivity index (χ1n) is 8.02. The number of aromatic amines is 1. The number of aryl methyl sites for hydroxylation is 1. The van der Waals surface area contributed by atoms with E-state index in [4.69, 9.17) is 9.47 Å². The molecule has 0 spiro atoms. The van der Waals surface area contributed by atoms with Crippen molar-refractivity contribution in [1.82, 2.24) is 4.98 Å². The van der Waals surface area contributed by atoms with Crippen LogP contribution in [0.2, 0.25) is 0 Å². The van der Waals surface area contributed by atoms with Crippen LogP contribution in [0.25, 0.3) is 10.9 Å². The molecule has 24 heavy (non-hydrogen) atoms. The van der Waals surface area contributed by atoms with E-state index in [0.29, 0.717) is 6.61 Å². The van der Waals surface area contributed by atoms with Crippen molar-refractivity contribution in [2.24, 2.45) is 0 Å². The first-order chi connectivity index (χ1) is 11.7. The van der Waals surface area contributed by atoms with E-state index in [2.05, 4.69) is 4.98 Å². The molecule has 0 aliphatic carbocycles. The number of benzene rings is 2. The monoisotopic (exact) mass is 323 g/mol. The summed E-state index contributed by atoms with van der Waals surface area (Å²) in [6.07, 6.45) is 0.987. The molecule has 0 fully saturated rings. The third-order valence-corrected chi connectivity index (χ3v) is 4.14. The smallest absolute Gasteiger partial charge is 0.310 e. The largest absolute Gasteiger partial charge is 0.497 e. The summed E-state index contributed by atoms with van der Waals surface area (Å²) in [6, 6.07) is 15.8. The van der Waals surface area contributed by atoms with E-state index in [0.717, 1.165) is 34.3 Å². The van der Waals surface area contributed by atoms with Crippen molar-refractivity contribution in [2.75, 3.05) is 13.7 Å². The molecule has 1 N–H and O–H groups in total. The number of H-pyrrole nitrogens is 1. The lowest BCUT2D eigenvalue weighted by Gasteiger charge is -2.06. The maximum Gasteiger partial charge on any atom is 0.310 e. The standard InChI is InChI=1S/C20H21NO3/c1-14-17(18-12-16(23-2)8-9-19(18)21-14)13-20(22)24-11-10-15-6-4-3-5-7-15/h3-9,12,21H,10-11,13H2,1-2H3. The number of nitrogens with one attached hydrogen (secondary N) is 1. The number of rotatable bonds is 6. The summed E-state index contributed by atoms with van der Waals surface area (Å²) < 4.78 is 10.7. The molecule has 0 saturated heterocycles. The Labute approximate surface area is 141 Å². The Morgan fingerprint density at radius 2 is 1.92 bits per heavy atom. The molecular formula is C20H21NO3. The summed E-state index contributed by atoms with van der Waals surface area (Å²) in [7, 11) is 1.64. The fraction of sp³-hybridized carbons (Fsp3) is 0.250. The highest BCUT2D eigenvalue weighted by atomic mass is 16.5. The first kappa shape index (κ1) is 16.1. The predicted octanol–water partition coefficient (Wildman–Crippen LogP) is 3.81. The van der Waals surface area contributed by atoms with E-state index < -0.39 is 0 Å². The molecule has 0 atom stereocenters. The fourth-order valence-corrected chi connectivity index (χ4v) is 2.84. The van der Waals surface area contributed by atoms with Crippen molar-refractivity contribution >= 4 is 16.9 Å². The minimum atomic E-state index is -0.210. The zero-order valence-corrected chi connectivity index (χ0v) is 14.0. The van der Waals surface area contributed by atoms with Crippen LogP contribution in [0.3, 0.4) is 0 Å². The van der Waals surface area contributed by atoms with Crippen molar-refractivity contribution in [1.29, 1.82) is 0 Å². The Morgan fingerprint density at radius 1 is 1.12 bits per heavy atom. The number of methoxy groups -OCH3 is 1. The second kappa shape index (κ2) is 7.21. The number of fused-ring (bicyclic) bond motifs is 1. The van der Waals surface area contributed by atoms with E-state index in [1.54, 1.807) is 7.11 Å². The SMILES string of the molecule is COc1ccc2[nH]c(C)c(CC(=O)OCCc3ccccc3)c2c1. The van der Waals surface area contributed by atoms with Crippen LogP contribution in [-0.2, 0) is 22.4 Å². The zero-order chi connectivity index (χ0) is 16.9. The lowest BCUT2D eigenvalue weighted by atomic mass is 10.1. The fourth-order valence-electron chi connectivity index (χ4n) is 2.84. The Kier molecular flexibility index (Phi) is 4.85. The van der Waals surface area contributed by atoms with Crippen LogP contribution < -0.4 is 4.74 Å². The molecular weight excluding hydrogens is 302 g/mol. The van der Waals surface area contributed by atoms with Gasteiger partial charge < -0.3 is 14.5 Å². The summed E-state index contributed by atoms with van der Waals surface area (Å²) in [5.74, 6) is 0.568. The van der Waals surface area contributed by atoms with Crippen LogP contribution in [0, 0.1) is 6.92 Å². The molecule has 0 aliphatic heterocycles. The average Bonchev–Trinajstić information content (AvgIpc) is 2.90. The predicted molar refractivity (Wildman–Crippen MR) is 94.4 cm³/mol. The van der Waals surface area contributed by atoms with Crippen molar-refractivity contribution in [2.45, 2.75) is 19.8 Å². The molecule has 1 aromatic heterocycles. The number of carbonyl (C=O) groups excluding carboxylic acids is 1. The molecule has 0 aliphatic rings. The van der Waals surface area contributed by atoms with Gasteiger partial charge in [-0.2, -0.15) is 0 Å². The molecule has 1 heterocycles. The Balaban J connectivity index is 1.65. The van der Waals surface area contributed by atoms with Crippen LogP contribution in [0.15, 0.2) is 48.5 Å². The topological polar surface area (TPSA) is 51.3 Å². The zero-order valence-electron chi connectivity index (χ0n) is 14.0. The first-order valence-corrected chi connectivity index (χ1v) is 8.02. The van der Waals surface area contributed by atoms with E-state index in [1.807, 2.05) is 55.5 Å². The molecule has 0 bridgehead atoms. The van der Waals surface area contributed by atoms with Gasteiger partial charge in [0.2, 0.25) is 0 Å². The summed E-state index contributed by atoms with van der Waals surface area (Å²) >= 11 is 0. The van der Waals surface area contributed by atoms with Gasteiger partial charge in [0, 0.05) is 23.0 Å². The highest BCUT2D eigenvalue weighted by molar-refractivity contribution is 5.89. The number of hydrogen-bond donors (Lipinski definition) is 1. The lowest BCUT2D eigenvalue weighted by molar-refractivity contribution is -0.142. The van der Waals surface area contributed by atoms with Crippen molar-refractivity contribution in [3.63, 3.8) is 0 Å². The third kappa shape index (κ3) is 3.59. The molecule has 4 heteroatoms. The molecule has 4 nitrogen and oxygen atoms in total. The molecule has 0 radical (unpaired) electrons. The van der Waals surface area contributed by atoms with Gasteiger partial charge in [-0.05, 0) is 36.2 Å². The molecule has 3 aromatic rings.